The number of fused-ring (bicyclic) bond motifs is 1. The number of anilines is 1. The first-order valence-corrected chi connectivity index (χ1v) is 6.78. The van der Waals surface area contributed by atoms with Gasteiger partial charge in [0.15, 0.2) is 0 Å². The molecule has 20 heavy (non-hydrogen) atoms. The van der Waals surface area contributed by atoms with Gasteiger partial charge in [0.25, 0.3) is 0 Å². The topological polar surface area (TPSA) is 60.7 Å². The number of rotatable bonds is 4. The second-order valence-corrected chi connectivity index (χ2v) is 4.86. The van der Waals surface area contributed by atoms with Gasteiger partial charge in [-0.15, -0.1) is 0 Å². The minimum atomic E-state index is -0.174. The van der Waals surface area contributed by atoms with Crippen LogP contribution in [0.1, 0.15) is 18.1 Å². The molecule has 2 aromatic carbocycles. The van der Waals surface area contributed by atoms with Gasteiger partial charge in [-0.3, -0.25) is 0 Å². The first-order valence-electron chi connectivity index (χ1n) is 6.78. The van der Waals surface area contributed by atoms with Crippen LogP contribution >= 0.6 is 0 Å². The maximum Gasteiger partial charge on any atom is 0.323 e. The molecule has 0 fully saturated rings. The van der Waals surface area contributed by atoms with E-state index in [0.29, 0.717) is 0 Å². The Morgan fingerprint density at radius 2 is 1.65 bits per heavy atom. The van der Waals surface area contributed by atoms with Crippen molar-refractivity contribution in [3.63, 3.8) is 0 Å². The number of aryl methyl sites for hydroxylation is 1. The summed E-state index contributed by atoms with van der Waals surface area (Å²) in [6, 6.07) is 14.4. The van der Waals surface area contributed by atoms with Crippen LogP contribution in [0.4, 0.5) is 5.69 Å². The predicted molar refractivity (Wildman–Crippen MR) is 82.1 cm³/mol. The summed E-state index contributed by atoms with van der Waals surface area (Å²) in [6.45, 7) is 2.92. The molecule has 0 spiro atoms. The third kappa shape index (κ3) is 2.59. The van der Waals surface area contributed by atoms with E-state index < -0.39 is 0 Å². The van der Waals surface area contributed by atoms with E-state index >= 15 is 0 Å². The van der Waals surface area contributed by atoms with E-state index in [9.17, 15) is 4.79 Å². The summed E-state index contributed by atoms with van der Waals surface area (Å²) in [5, 5.41) is 3.36. The third-order valence-electron chi connectivity index (χ3n) is 3.44. The summed E-state index contributed by atoms with van der Waals surface area (Å²) in [5.74, 6) is 0. The van der Waals surface area contributed by atoms with Gasteiger partial charge in [-0.1, -0.05) is 31.2 Å². The molecule has 0 atom stereocenters. The summed E-state index contributed by atoms with van der Waals surface area (Å²) in [5.41, 5.74) is 5.05. The third-order valence-corrected chi connectivity index (χ3v) is 3.44. The number of aromatic nitrogens is 2. The van der Waals surface area contributed by atoms with Gasteiger partial charge in [-0.05, 0) is 35.7 Å². The fourth-order valence-corrected chi connectivity index (χ4v) is 2.24. The predicted octanol–water partition coefficient (Wildman–Crippen LogP) is 3.03. The van der Waals surface area contributed by atoms with E-state index in [4.69, 9.17) is 0 Å². The largest absolute Gasteiger partial charge is 0.381 e. The van der Waals surface area contributed by atoms with E-state index in [0.717, 1.165) is 29.7 Å². The Morgan fingerprint density at radius 3 is 2.40 bits per heavy atom. The van der Waals surface area contributed by atoms with Gasteiger partial charge in [-0.2, -0.15) is 0 Å². The number of imidazole rings is 1. The highest BCUT2D eigenvalue weighted by Gasteiger charge is 2.00. The van der Waals surface area contributed by atoms with Crippen LogP contribution in [0.5, 0.6) is 0 Å². The molecule has 0 aliphatic heterocycles. The van der Waals surface area contributed by atoms with Crippen molar-refractivity contribution < 1.29 is 0 Å². The fraction of sp³-hybridized carbons (Fsp3) is 0.188. The molecule has 3 rings (SSSR count). The molecule has 0 aliphatic carbocycles. The second-order valence-electron chi connectivity index (χ2n) is 4.86. The number of H-pyrrole nitrogens is 2. The van der Waals surface area contributed by atoms with Crippen molar-refractivity contribution in [3.8, 4) is 0 Å². The highest BCUT2D eigenvalue weighted by atomic mass is 16.1. The van der Waals surface area contributed by atoms with E-state index in [2.05, 4.69) is 46.5 Å². The molecule has 3 N–H and O–H groups in total. The van der Waals surface area contributed by atoms with E-state index in [-0.39, 0.29) is 5.69 Å². The Hall–Kier alpha value is -2.49. The fourth-order valence-electron chi connectivity index (χ4n) is 2.24. The molecule has 1 aromatic heterocycles. The number of nitrogens with one attached hydrogen (secondary N) is 3. The lowest BCUT2D eigenvalue weighted by Crippen LogP contribution is -1.99. The maximum atomic E-state index is 11.2. The van der Waals surface area contributed by atoms with Crippen molar-refractivity contribution in [1.82, 2.24) is 9.97 Å². The van der Waals surface area contributed by atoms with Gasteiger partial charge in [0.1, 0.15) is 0 Å². The zero-order chi connectivity index (χ0) is 13.9. The number of hydrogen-bond donors (Lipinski definition) is 3. The Labute approximate surface area is 116 Å². The quantitative estimate of drug-likeness (QED) is 0.680. The highest BCUT2D eigenvalue weighted by molar-refractivity contribution is 5.78. The van der Waals surface area contributed by atoms with Crippen LogP contribution in [-0.2, 0) is 13.0 Å². The molecule has 0 aliphatic rings. The average Bonchev–Trinajstić information content (AvgIpc) is 2.85. The molecular formula is C16H17N3O. The Morgan fingerprint density at radius 1 is 0.950 bits per heavy atom. The van der Waals surface area contributed by atoms with Crippen molar-refractivity contribution >= 4 is 16.7 Å². The molecule has 4 heteroatoms. The minimum Gasteiger partial charge on any atom is -0.381 e. The van der Waals surface area contributed by atoms with Gasteiger partial charge in [0, 0.05) is 12.2 Å². The first kappa shape index (κ1) is 12.5. The van der Waals surface area contributed by atoms with Crippen LogP contribution < -0.4 is 11.0 Å². The minimum absolute atomic E-state index is 0.174. The van der Waals surface area contributed by atoms with Crippen LogP contribution in [0.15, 0.2) is 47.3 Å². The standard InChI is InChI=1S/C16H17N3O/c1-2-11-3-5-12(6-4-11)10-17-13-7-8-14-15(9-13)19-16(20)18-14/h3-9,17H,2,10H2,1H3,(H2,18,19,20). The van der Waals surface area contributed by atoms with Crippen LogP contribution in [0, 0.1) is 0 Å². The normalized spacial score (nSPS) is 10.8. The van der Waals surface area contributed by atoms with E-state index in [1.165, 1.54) is 11.1 Å². The molecule has 4 nitrogen and oxygen atoms in total. The number of benzene rings is 2. The molecular weight excluding hydrogens is 250 g/mol. The monoisotopic (exact) mass is 267 g/mol. The lowest BCUT2D eigenvalue weighted by molar-refractivity contribution is 1.11. The van der Waals surface area contributed by atoms with Crippen molar-refractivity contribution in [1.29, 1.82) is 0 Å². The van der Waals surface area contributed by atoms with Gasteiger partial charge >= 0.3 is 5.69 Å². The molecule has 0 saturated carbocycles. The summed E-state index contributed by atoms with van der Waals surface area (Å²) < 4.78 is 0. The smallest absolute Gasteiger partial charge is 0.323 e. The molecule has 1 heterocycles. The summed E-state index contributed by atoms with van der Waals surface area (Å²) in [4.78, 5) is 16.7. The van der Waals surface area contributed by atoms with Gasteiger partial charge in [0.2, 0.25) is 0 Å². The van der Waals surface area contributed by atoms with Crippen LogP contribution in [0.3, 0.4) is 0 Å². The van der Waals surface area contributed by atoms with Crippen molar-refractivity contribution in [2.75, 3.05) is 5.32 Å². The summed E-state index contributed by atoms with van der Waals surface area (Å²) >= 11 is 0. The van der Waals surface area contributed by atoms with Crippen molar-refractivity contribution in [2.45, 2.75) is 19.9 Å². The number of hydrogen-bond acceptors (Lipinski definition) is 2. The van der Waals surface area contributed by atoms with Gasteiger partial charge in [0.05, 0.1) is 11.0 Å². The zero-order valence-electron chi connectivity index (χ0n) is 11.4. The Balaban J connectivity index is 1.73. The Kier molecular flexibility index (Phi) is 3.29. The molecule has 0 unspecified atom stereocenters. The SMILES string of the molecule is CCc1ccc(CNc2ccc3[nH]c(=O)[nH]c3c2)cc1. The van der Waals surface area contributed by atoms with E-state index in [1.54, 1.807) is 0 Å². The molecule has 0 radical (unpaired) electrons. The molecule has 3 aromatic rings. The lowest BCUT2D eigenvalue weighted by atomic mass is 10.1. The summed E-state index contributed by atoms with van der Waals surface area (Å²) in [6.07, 6.45) is 1.06. The van der Waals surface area contributed by atoms with Crippen molar-refractivity contribution in [2.24, 2.45) is 0 Å². The molecule has 0 amide bonds. The number of aromatic amines is 2. The van der Waals surface area contributed by atoms with Gasteiger partial charge in [-0.25, -0.2) is 4.79 Å². The first-order chi connectivity index (χ1) is 9.74. The highest BCUT2D eigenvalue weighted by Crippen LogP contribution is 2.15. The molecule has 0 bridgehead atoms. The molecule has 0 saturated heterocycles. The zero-order valence-corrected chi connectivity index (χ0v) is 11.4. The average molecular weight is 267 g/mol. The maximum absolute atomic E-state index is 11.2. The second kappa shape index (κ2) is 5.25. The lowest BCUT2D eigenvalue weighted by Gasteiger charge is -2.07. The Bertz CT molecular complexity index is 768. The van der Waals surface area contributed by atoms with Crippen molar-refractivity contribution in [3.05, 3.63) is 64.1 Å². The van der Waals surface area contributed by atoms with Crippen LogP contribution in [0.25, 0.3) is 11.0 Å². The van der Waals surface area contributed by atoms with E-state index in [1.807, 2.05) is 18.2 Å². The molecule has 102 valence electrons. The van der Waals surface area contributed by atoms with Gasteiger partial charge < -0.3 is 15.3 Å². The van der Waals surface area contributed by atoms with Crippen LogP contribution in [-0.4, -0.2) is 9.97 Å². The summed E-state index contributed by atoms with van der Waals surface area (Å²) in [7, 11) is 0. The van der Waals surface area contributed by atoms with Crippen LogP contribution in [0.2, 0.25) is 0 Å².